The number of hydrogen-bond donors (Lipinski definition) is 2. The van der Waals surface area contributed by atoms with E-state index in [-0.39, 0.29) is 24.0 Å². The van der Waals surface area contributed by atoms with Crippen molar-refractivity contribution in [3.63, 3.8) is 0 Å². The number of guanidine groups is 1. The van der Waals surface area contributed by atoms with E-state index < -0.39 is 0 Å². The Balaban J connectivity index is 0.00000210. The second-order valence-corrected chi connectivity index (χ2v) is 7.48. The predicted octanol–water partition coefficient (Wildman–Crippen LogP) is 2.49. The maximum Gasteiger partial charge on any atom is 0.191 e. The van der Waals surface area contributed by atoms with Crippen molar-refractivity contribution in [2.75, 3.05) is 13.6 Å². The molecule has 1 aliphatic carbocycles. The number of rotatable bonds is 3. The van der Waals surface area contributed by atoms with Crippen molar-refractivity contribution in [3.05, 3.63) is 47.0 Å². The zero-order valence-electron chi connectivity index (χ0n) is 16.1. The van der Waals surface area contributed by atoms with Crippen LogP contribution in [-0.2, 0) is 25.8 Å². The molecular formula is C20H29IN6. The number of nitrogens with one attached hydrogen (secondary N) is 2. The molecule has 0 radical (unpaired) electrons. The topological polar surface area (TPSA) is 67.1 Å². The number of halogens is 1. The minimum atomic E-state index is 0. The first-order valence-corrected chi connectivity index (χ1v) is 9.65. The maximum absolute atomic E-state index is 4.44. The zero-order valence-corrected chi connectivity index (χ0v) is 18.4. The van der Waals surface area contributed by atoms with Gasteiger partial charge in [0.15, 0.2) is 5.96 Å². The van der Waals surface area contributed by atoms with E-state index in [1.165, 1.54) is 11.1 Å². The Morgan fingerprint density at radius 1 is 1.19 bits per heavy atom. The Labute approximate surface area is 178 Å². The van der Waals surface area contributed by atoms with Crippen molar-refractivity contribution in [3.8, 4) is 0 Å². The molecule has 2 unspecified atom stereocenters. The summed E-state index contributed by atoms with van der Waals surface area (Å²) in [5.41, 5.74) is 2.96. The second-order valence-electron chi connectivity index (χ2n) is 7.48. The van der Waals surface area contributed by atoms with Gasteiger partial charge in [-0.3, -0.25) is 4.99 Å². The average molecular weight is 480 g/mol. The molecule has 2 atom stereocenters. The summed E-state index contributed by atoms with van der Waals surface area (Å²) >= 11 is 0. The average Bonchev–Trinajstić information content (AvgIpc) is 3.05. The molecule has 0 spiro atoms. The second kappa shape index (κ2) is 9.03. The van der Waals surface area contributed by atoms with Gasteiger partial charge in [0.05, 0.1) is 0 Å². The number of aromatic nitrogens is 3. The van der Waals surface area contributed by atoms with Crippen LogP contribution < -0.4 is 10.6 Å². The monoisotopic (exact) mass is 480 g/mol. The molecule has 0 fully saturated rings. The molecule has 2 N–H and O–H groups in total. The van der Waals surface area contributed by atoms with Crippen LogP contribution >= 0.6 is 24.0 Å². The lowest BCUT2D eigenvalue weighted by atomic mass is 9.88. The Bertz CT molecular complexity index is 800. The Hall–Kier alpha value is -1.64. The molecule has 1 aromatic heterocycles. The molecule has 27 heavy (non-hydrogen) atoms. The number of benzene rings is 1. The van der Waals surface area contributed by atoms with Crippen molar-refractivity contribution in [2.45, 2.75) is 51.6 Å². The molecule has 4 rings (SSSR count). The predicted molar refractivity (Wildman–Crippen MR) is 119 cm³/mol. The van der Waals surface area contributed by atoms with Gasteiger partial charge in [0, 0.05) is 32.6 Å². The van der Waals surface area contributed by atoms with Gasteiger partial charge in [0.1, 0.15) is 11.6 Å². The van der Waals surface area contributed by atoms with Crippen LogP contribution in [0.3, 0.4) is 0 Å². The van der Waals surface area contributed by atoms with Gasteiger partial charge in [0.2, 0.25) is 0 Å². The van der Waals surface area contributed by atoms with Crippen LogP contribution in [0.5, 0.6) is 0 Å². The van der Waals surface area contributed by atoms with E-state index in [9.17, 15) is 0 Å². The standard InChI is InChI=1S/C20H28N6.HI/c1-14-24-25-19-10-7-15(13-26(14)19)12-22-20(21-2)23-18-9-8-16-5-3-4-6-17(16)11-18;/h3-6,15,18H,7-13H2,1-2H3,(H2,21,22,23);1H. The summed E-state index contributed by atoms with van der Waals surface area (Å²) < 4.78 is 2.25. The quantitative estimate of drug-likeness (QED) is 0.403. The van der Waals surface area contributed by atoms with Crippen molar-refractivity contribution >= 4 is 29.9 Å². The van der Waals surface area contributed by atoms with Gasteiger partial charge in [-0.25, -0.2) is 0 Å². The van der Waals surface area contributed by atoms with Crippen LogP contribution in [0.2, 0.25) is 0 Å². The van der Waals surface area contributed by atoms with Gasteiger partial charge in [-0.05, 0) is 49.7 Å². The number of aliphatic imine (C=N–C) groups is 1. The Morgan fingerprint density at radius 3 is 2.81 bits per heavy atom. The third-order valence-electron chi connectivity index (χ3n) is 5.70. The summed E-state index contributed by atoms with van der Waals surface area (Å²) in [5.74, 6) is 3.65. The van der Waals surface area contributed by atoms with E-state index in [0.29, 0.717) is 12.0 Å². The number of aryl methyl sites for hydroxylation is 3. The number of hydrogen-bond acceptors (Lipinski definition) is 3. The van der Waals surface area contributed by atoms with Crippen molar-refractivity contribution in [1.29, 1.82) is 0 Å². The molecule has 0 bridgehead atoms. The highest BCUT2D eigenvalue weighted by Gasteiger charge is 2.23. The molecule has 0 saturated carbocycles. The van der Waals surface area contributed by atoms with Gasteiger partial charge in [0.25, 0.3) is 0 Å². The van der Waals surface area contributed by atoms with Gasteiger partial charge in [-0.2, -0.15) is 0 Å². The fourth-order valence-corrected chi connectivity index (χ4v) is 4.15. The molecule has 2 aromatic rings. The van der Waals surface area contributed by atoms with E-state index in [1.807, 2.05) is 14.0 Å². The van der Waals surface area contributed by atoms with Gasteiger partial charge < -0.3 is 15.2 Å². The first-order chi connectivity index (χ1) is 12.7. The van der Waals surface area contributed by atoms with Gasteiger partial charge in [-0.15, -0.1) is 34.2 Å². The maximum atomic E-state index is 4.44. The summed E-state index contributed by atoms with van der Waals surface area (Å²) in [6.45, 7) is 3.96. The molecular weight excluding hydrogens is 451 g/mol. The summed E-state index contributed by atoms with van der Waals surface area (Å²) in [4.78, 5) is 4.44. The molecule has 1 aromatic carbocycles. The van der Waals surface area contributed by atoms with Crippen LogP contribution in [-0.4, -0.2) is 40.4 Å². The molecule has 0 saturated heterocycles. The van der Waals surface area contributed by atoms with Gasteiger partial charge in [-0.1, -0.05) is 24.3 Å². The van der Waals surface area contributed by atoms with Crippen LogP contribution in [0.1, 0.15) is 35.6 Å². The van der Waals surface area contributed by atoms with Crippen LogP contribution in [0.4, 0.5) is 0 Å². The van der Waals surface area contributed by atoms with Crippen LogP contribution in [0, 0.1) is 12.8 Å². The first-order valence-electron chi connectivity index (χ1n) is 9.65. The Kier molecular flexibility index (Phi) is 6.73. The summed E-state index contributed by atoms with van der Waals surface area (Å²) in [6.07, 6.45) is 5.54. The highest BCUT2D eigenvalue weighted by molar-refractivity contribution is 14.0. The van der Waals surface area contributed by atoms with Crippen molar-refractivity contribution in [2.24, 2.45) is 10.9 Å². The summed E-state index contributed by atoms with van der Waals surface area (Å²) in [5, 5.41) is 15.6. The first kappa shape index (κ1) is 20.1. The largest absolute Gasteiger partial charge is 0.356 e. The highest BCUT2D eigenvalue weighted by atomic mass is 127. The number of nitrogens with zero attached hydrogens (tertiary/aromatic N) is 4. The number of fused-ring (bicyclic) bond motifs is 2. The van der Waals surface area contributed by atoms with E-state index in [0.717, 1.165) is 62.8 Å². The molecule has 2 aliphatic rings. The third-order valence-corrected chi connectivity index (χ3v) is 5.70. The van der Waals surface area contributed by atoms with Crippen LogP contribution in [0.15, 0.2) is 29.3 Å². The fourth-order valence-electron chi connectivity index (χ4n) is 4.15. The van der Waals surface area contributed by atoms with Crippen LogP contribution in [0.25, 0.3) is 0 Å². The normalized spacial score (nSPS) is 21.6. The zero-order chi connectivity index (χ0) is 17.9. The van der Waals surface area contributed by atoms with E-state index in [1.54, 1.807) is 0 Å². The lowest BCUT2D eigenvalue weighted by molar-refractivity contribution is 0.357. The Morgan fingerprint density at radius 2 is 2.00 bits per heavy atom. The van der Waals surface area contributed by atoms with E-state index in [2.05, 4.69) is 54.7 Å². The minimum absolute atomic E-state index is 0. The molecule has 2 heterocycles. The summed E-state index contributed by atoms with van der Waals surface area (Å²) in [7, 11) is 1.86. The smallest absolute Gasteiger partial charge is 0.191 e. The summed E-state index contributed by atoms with van der Waals surface area (Å²) in [6, 6.07) is 9.23. The SMILES string of the molecule is CN=C(NCC1CCc2nnc(C)n2C1)NC1CCc2ccccc2C1.I. The van der Waals surface area contributed by atoms with Gasteiger partial charge >= 0.3 is 0 Å². The lowest BCUT2D eigenvalue weighted by Gasteiger charge is -2.28. The van der Waals surface area contributed by atoms with Crippen molar-refractivity contribution < 1.29 is 0 Å². The molecule has 6 nitrogen and oxygen atoms in total. The van der Waals surface area contributed by atoms with Crippen molar-refractivity contribution in [1.82, 2.24) is 25.4 Å². The highest BCUT2D eigenvalue weighted by Crippen LogP contribution is 2.21. The molecule has 0 amide bonds. The van der Waals surface area contributed by atoms with E-state index >= 15 is 0 Å². The fraction of sp³-hybridized carbons (Fsp3) is 0.550. The lowest BCUT2D eigenvalue weighted by Crippen LogP contribution is -2.47. The minimum Gasteiger partial charge on any atom is -0.356 e. The molecule has 146 valence electrons. The molecule has 1 aliphatic heterocycles. The van der Waals surface area contributed by atoms with E-state index in [4.69, 9.17) is 0 Å². The molecule has 7 heteroatoms. The third kappa shape index (κ3) is 4.62.